The third kappa shape index (κ3) is 4.89. The average Bonchev–Trinajstić information content (AvgIpc) is 2.48. The summed E-state index contributed by atoms with van der Waals surface area (Å²) < 4.78 is 5.87. The number of benzene rings is 2. The maximum absolute atomic E-state index is 9.29. The quantitative estimate of drug-likeness (QED) is 0.799. The summed E-state index contributed by atoms with van der Waals surface area (Å²) in [7, 11) is 0. The number of para-hydroxylation sites is 1. The van der Waals surface area contributed by atoms with Crippen molar-refractivity contribution in [2.45, 2.75) is 26.2 Å². The molecule has 0 heterocycles. The van der Waals surface area contributed by atoms with Crippen LogP contribution in [0.5, 0.6) is 5.75 Å². The van der Waals surface area contributed by atoms with Gasteiger partial charge < -0.3 is 15.2 Å². The zero-order chi connectivity index (χ0) is 15.9. The molecule has 0 fully saturated rings. The molecule has 0 aliphatic heterocycles. The second kappa shape index (κ2) is 8.39. The fourth-order valence-corrected chi connectivity index (χ4v) is 2.53. The first-order chi connectivity index (χ1) is 10.6. The summed E-state index contributed by atoms with van der Waals surface area (Å²) in [5.74, 6) is 0.775. The van der Waals surface area contributed by atoms with Crippen LogP contribution in [0.15, 0.2) is 42.5 Å². The number of nitrogens with one attached hydrogen (secondary N) is 1. The van der Waals surface area contributed by atoms with Crippen LogP contribution in [0.1, 0.15) is 18.1 Å². The molecular weight excluding hydrogens is 321 g/mol. The minimum Gasteiger partial charge on any atom is -0.488 e. The molecule has 22 heavy (non-hydrogen) atoms. The molecule has 0 bridgehead atoms. The second-order valence-electron chi connectivity index (χ2n) is 5.08. The summed E-state index contributed by atoms with van der Waals surface area (Å²) in [6, 6.07) is 13.2. The van der Waals surface area contributed by atoms with Crippen LogP contribution in [-0.4, -0.2) is 17.8 Å². The highest BCUT2D eigenvalue weighted by molar-refractivity contribution is 6.35. The summed E-state index contributed by atoms with van der Waals surface area (Å²) >= 11 is 12.3. The monoisotopic (exact) mass is 339 g/mol. The van der Waals surface area contributed by atoms with Gasteiger partial charge in [0.15, 0.2) is 0 Å². The lowest BCUT2D eigenvalue weighted by atomic mass is 10.2. The van der Waals surface area contributed by atoms with Crippen LogP contribution in [0.4, 0.5) is 0 Å². The van der Waals surface area contributed by atoms with Crippen LogP contribution in [0.3, 0.4) is 0 Å². The normalized spacial score (nSPS) is 12.2. The van der Waals surface area contributed by atoms with Gasteiger partial charge in [0.2, 0.25) is 0 Å². The number of aliphatic hydroxyl groups excluding tert-OH is 1. The van der Waals surface area contributed by atoms with Crippen molar-refractivity contribution in [1.82, 2.24) is 5.32 Å². The van der Waals surface area contributed by atoms with Crippen LogP contribution in [0.25, 0.3) is 0 Å². The second-order valence-corrected chi connectivity index (χ2v) is 5.89. The first-order valence-corrected chi connectivity index (χ1v) is 7.86. The van der Waals surface area contributed by atoms with E-state index >= 15 is 0 Å². The fourth-order valence-electron chi connectivity index (χ4n) is 2.03. The molecule has 2 N–H and O–H groups in total. The van der Waals surface area contributed by atoms with Gasteiger partial charge in [-0.3, -0.25) is 0 Å². The maximum atomic E-state index is 9.29. The Balaban J connectivity index is 2.03. The van der Waals surface area contributed by atoms with Crippen molar-refractivity contribution in [2.75, 3.05) is 6.54 Å². The third-order valence-electron chi connectivity index (χ3n) is 3.16. The fraction of sp³-hybridized carbons (Fsp3) is 0.294. The van der Waals surface area contributed by atoms with Crippen LogP contribution >= 0.6 is 23.2 Å². The van der Waals surface area contributed by atoms with Crippen LogP contribution in [0.2, 0.25) is 10.0 Å². The lowest BCUT2D eigenvalue weighted by molar-refractivity contribution is 0.190. The molecule has 0 spiro atoms. The third-order valence-corrected chi connectivity index (χ3v) is 3.87. The number of hydrogen-bond acceptors (Lipinski definition) is 3. The standard InChI is InChI=1S/C17H19Cl2NO2/c1-12(21)9-20-10-13-5-2-3-8-17(13)22-11-14-15(18)6-4-7-16(14)19/h2-8,12,20-21H,9-11H2,1H3. The Morgan fingerprint density at radius 2 is 1.77 bits per heavy atom. The molecule has 1 unspecified atom stereocenters. The van der Waals surface area contributed by atoms with E-state index in [0.29, 0.717) is 29.7 Å². The van der Waals surface area contributed by atoms with Gasteiger partial charge in [-0.1, -0.05) is 47.5 Å². The minimum atomic E-state index is -0.380. The molecule has 0 radical (unpaired) electrons. The Morgan fingerprint density at radius 3 is 2.45 bits per heavy atom. The smallest absolute Gasteiger partial charge is 0.124 e. The summed E-state index contributed by atoms with van der Waals surface area (Å²) in [5, 5.41) is 13.7. The van der Waals surface area contributed by atoms with E-state index in [4.69, 9.17) is 27.9 Å². The Kier molecular flexibility index (Phi) is 6.52. The molecule has 0 saturated carbocycles. The summed E-state index contributed by atoms with van der Waals surface area (Å²) in [4.78, 5) is 0. The molecule has 0 aromatic heterocycles. The number of rotatable bonds is 7. The lowest BCUT2D eigenvalue weighted by Crippen LogP contribution is -2.24. The first kappa shape index (κ1) is 17.1. The molecule has 2 aromatic carbocycles. The average molecular weight is 340 g/mol. The van der Waals surface area contributed by atoms with Gasteiger partial charge >= 0.3 is 0 Å². The molecule has 2 rings (SSSR count). The molecule has 5 heteroatoms. The van der Waals surface area contributed by atoms with Gasteiger partial charge in [-0.25, -0.2) is 0 Å². The molecule has 1 atom stereocenters. The van der Waals surface area contributed by atoms with E-state index in [2.05, 4.69) is 5.32 Å². The summed E-state index contributed by atoms with van der Waals surface area (Å²) in [6.45, 7) is 3.21. The van der Waals surface area contributed by atoms with Crippen molar-refractivity contribution in [3.05, 3.63) is 63.6 Å². The first-order valence-electron chi connectivity index (χ1n) is 7.10. The zero-order valence-corrected chi connectivity index (χ0v) is 13.9. The highest BCUT2D eigenvalue weighted by atomic mass is 35.5. The lowest BCUT2D eigenvalue weighted by Gasteiger charge is -2.14. The molecule has 3 nitrogen and oxygen atoms in total. The highest BCUT2D eigenvalue weighted by Crippen LogP contribution is 2.27. The Hall–Kier alpha value is -1.26. The van der Waals surface area contributed by atoms with Crippen LogP contribution < -0.4 is 10.1 Å². The predicted molar refractivity (Wildman–Crippen MR) is 90.6 cm³/mol. The van der Waals surface area contributed by atoms with Crippen molar-refractivity contribution in [3.63, 3.8) is 0 Å². The number of ether oxygens (including phenoxy) is 1. The van der Waals surface area contributed by atoms with Gasteiger partial charge in [0.05, 0.1) is 6.10 Å². The molecule has 0 aliphatic carbocycles. The molecule has 0 aliphatic rings. The van der Waals surface area contributed by atoms with E-state index in [1.54, 1.807) is 19.1 Å². The van der Waals surface area contributed by atoms with Gasteiger partial charge in [-0.05, 0) is 25.1 Å². The van der Waals surface area contributed by atoms with E-state index < -0.39 is 0 Å². The summed E-state index contributed by atoms with van der Waals surface area (Å²) in [6.07, 6.45) is -0.380. The Labute approximate surface area is 140 Å². The Morgan fingerprint density at radius 1 is 1.09 bits per heavy atom. The highest BCUT2D eigenvalue weighted by Gasteiger charge is 2.08. The van der Waals surface area contributed by atoms with Gasteiger partial charge in [0, 0.05) is 34.3 Å². The molecule has 2 aromatic rings. The van der Waals surface area contributed by atoms with E-state index in [1.807, 2.05) is 30.3 Å². The van der Waals surface area contributed by atoms with Crippen molar-refractivity contribution >= 4 is 23.2 Å². The van der Waals surface area contributed by atoms with Crippen molar-refractivity contribution < 1.29 is 9.84 Å². The van der Waals surface area contributed by atoms with E-state index in [9.17, 15) is 5.11 Å². The van der Waals surface area contributed by atoms with Gasteiger partial charge in [0.1, 0.15) is 12.4 Å². The predicted octanol–water partition coefficient (Wildman–Crippen LogP) is 4.04. The molecule has 0 amide bonds. The van der Waals surface area contributed by atoms with Gasteiger partial charge in [-0.2, -0.15) is 0 Å². The van der Waals surface area contributed by atoms with Crippen molar-refractivity contribution in [2.24, 2.45) is 0 Å². The topological polar surface area (TPSA) is 41.5 Å². The maximum Gasteiger partial charge on any atom is 0.124 e. The van der Waals surface area contributed by atoms with Gasteiger partial charge in [0.25, 0.3) is 0 Å². The van der Waals surface area contributed by atoms with Crippen LogP contribution in [0, 0.1) is 0 Å². The molecule has 0 saturated heterocycles. The zero-order valence-electron chi connectivity index (χ0n) is 12.4. The number of halogens is 2. The largest absolute Gasteiger partial charge is 0.488 e. The summed E-state index contributed by atoms with van der Waals surface area (Å²) in [5.41, 5.74) is 1.80. The van der Waals surface area contributed by atoms with E-state index in [1.165, 1.54) is 0 Å². The number of aliphatic hydroxyl groups is 1. The van der Waals surface area contributed by atoms with Crippen molar-refractivity contribution in [3.8, 4) is 5.75 Å². The van der Waals surface area contributed by atoms with E-state index in [0.717, 1.165) is 16.9 Å². The minimum absolute atomic E-state index is 0.311. The number of hydrogen-bond donors (Lipinski definition) is 2. The molecule has 118 valence electrons. The molecular formula is C17H19Cl2NO2. The Bertz CT molecular complexity index is 597. The SMILES string of the molecule is CC(O)CNCc1ccccc1OCc1c(Cl)cccc1Cl. The van der Waals surface area contributed by atoms with E-state index in [-0.39, 0.29) is 6.10 Å². The van der Waals surface area contributed by atoms with Gasteiger partial charge in [-0.15, -0.1) is 0 Å². The van der Waals surface area contributed by atoms with Crippen LogP contribution in [-0.2, 0) is 13.2 Å². The van der Waals surface area contributed by atoms with Crippen molar-refractivity contribution in [1.29, 1.82) is 0 Å².